The molecule has 0 radical (unpaired) electrons. The number of aliphatic hydroxyl groups excluding tert-OH is 1. The third-order valence-corrected chi connectivity index (χ3v) is 4.95. The molecule has 0 aliphatic heterocycles. The Morgan fingerprint density at radius 3 is 2.47 bits per heavy atom. The average Bonchev–Trinajstić information content (AvgIpc) is 3.39. The number of benzene rings is 2. The molecule has 10 heteroatoms. The fourth-order valence-corrected chi connectivity index (χ4v) is 3.36. The second-order valence-electron chi connectivity index (χ2n) is 7.65. The highest BCUT2D eigenvalue weighted by Gasteiger charge is 2.34. The number of hydrogen-bond acceptors (Lipinski definition) is 5. The first-order valence-electron chi connectivity index (χ1n) is 10.1. The lowest BCUT2D eigenvalue weighted by Crippen LogP contribution is -2.04. The number of aromatic nitrogens is 4. The highest BCUT2D eigenvalue weighted by atomic mass is 19.4. The molecule has 0 aliphatic carbocycles. The molecule has 2 aromatic heterocycles. The van der Waals surface area contributed by atoms with Gasteiger partial charge in [-0.05, 0) is 43.7 Å². The molecule has 0 fully saturated rings. The number of alkyl halides is 3. The standard InChI is InChI=1S/C24H18F4N4O2/c1-13-10-16(22-29-20(12-32(22)3)24(26,27)28)6-8-18(13)21-30-23(34-31-21)19-9-7-17(25)11-15(19)5-4-14(2)33/h6-12,14,33H,1-3H3/t14-/m0/s1. The lowest BCUT2D eigenvalue weighted by atomic mass is 10.0. The largest absolute Gasteiger partial charge is 0.434 e. The normalized spacial score (nSPS) is 12.4. The van der Waals surface area contributed by atoms with Crippen molar-refractivity contribution in [3.63, 3.8) is 0 Å². The summed E-state index contributed by atoms with van der Waals surface area (Å²) in [7, 11) is 1.49. The van der Waals surface area contributed by atoms with E-state index in [4.69, 9.17) is 4.52 Å². The smallest absolute Gasteiger partial charge is 0.381 e. The van der Waals surface area contributed by atoms with Crippen LogP contribution in [0.3, 0.4) is 0 Å². The van der Waals surface area contributed by atoms with E-state index in [9.17, 15) is 22.7 Å². The topological polar surface area (TPSA) is 77.0 Å². The summed E-state index contributed by atoms with van der Waals surface area (Å²) in [6, 6.07) is 8.86. The van der Waals surface area contributed by atoms with Crippen molar-refractivity contribution in [2.45, 2.75) is 26.1 Å². The van der Waals surface area contributed by atoms with Crippen molar-refractivity contribution in [2.75, 3.05) is 0 Å². The Hall–Kier alpha value is -3.97. The SMILES string of the molecule is Cc1cc(-c2nc(C(F)(F)F)cn2C)ccc1-c1noc(-c2ccc(F)cc2C#C[C@H](C)O)n1. The van der Waals surface area contributed by atoms with Crippen LogP contribution >= 0.6 is 0 Å². The number of aliphatic hydroxyl groups is 1. The molecule has 2 heterocycles. The summed E-state index contributed by atoms with van der Waals surface area (Å²) < 4.78 is 59.4. The highest BCUT2D eigenvalue weighted by molar-refractivity contribution is 5.70. The van der Waals surface area contributed by atoms with Crippen molar-refractivity contribution < 1.29 is 27.2 Å². The fraction of sp³-hybridized carbons (Fsp3) is 0.208. The van der Waals surface area contributed by atoms with E-state index in [2.05, 4.69) is 27.0 Å². The van der Waals surface area contributed by atoms with Crippen LogP contribution in [0.4, 0.5) is 17.6 Å². The van der Waals surface area contributed by atoms with Crippen LogP contribution in [-0.4, -0.2) is 30.9 Å². The molecule has 174 valence electrons. The van der Waals surface area contributed by atoms with E-state index in [0.29, 0.717) is 22.3 Å². The molecule has 34 heavy (non-hydrogen) atoms. The van der Waals surface area contributed by atoms with Crippen LogP contribution in [0.2, 0.25) is 0 Å². The van der Waals surface area contributed by atoms with Crippen LogP contribution in [0.5, 0.6) is 0 Å². The van der Waals surface area contributed by atoms with Crippen molar-refractivity contribution >= 4 is 0 Å². The first-order valence-corrected chi connectivity index (χ1v) is 10.1. The quantitative estimate of drug-likeness (QED) is 0.337. The molecular weight excluding hydrogens is 452 g/mol. The summed E-state index contributed by atoms with van der Waals surface area (Å²) in [6.45, 7) is 3.25. The molecule has 1 N–H and O–H groups in total. The van der Waals surface area contributed by atoms with Gasteiger partial charge in [-0.3, -0.25) is 0 Å². The van der Waals surface area contributed by atoms with Crippen LogP contribution in [0.1, 0.15) is 23.7 Å². The van der Waals surface area contributed by atoms with Gasteiger partial charge in [-0.15, -0.1) is 0 Å². The zero-order chi connectivity index (χ0) is 24.6. The van der Waals surface area contributed by atoms with E-state index in [1.807, 2.05) is 0 Å². The summed E-state index contributed by atoms with van der Waals surface area (Å²) >= 11 is 0. The van der Waals surface area contributed by atoms with E-state index in [1.54, 1.807) is 25.1 Å². The Kier molecular flexibility index (Phi) is 5.98. The van der Waals surface area contributed by atoms with Gasteiger partial charge < -0.3 is 14.2 Å². The van der Waals surface area contributed by atoms with Crippen molar-refractivity contribution in [3.8, 4) is 46.1 Å². The molecule has 6 nitrogen and oxygen atoms in total. The van der Waals surface area contributed by atoms with Crippen molar-refractivity contribution in [1.29, 1.82) is 0 Å². The maximum absolute atomic E-state index is 13.7. The van der Waals surface area contributed by atoms with Gasteiger partial charge in [0.05, 0.1) is 5.56 Å². The van der Waals surface area contributed by atoms with Gasteiger partial charge in [-0.2, -0.15) is 18.2 Å². The summed E-state index contributed by atoms with van der Waals surface area (Å²) in [4.78, 5) is 8.10. The summed E-state index contributed by atoms with van der Waals surface area (Å²) in [5, 5.41) is 13.4. The number of rotatable bonds is 3. The van der Waals surface area contributed by atoms with Crippen molar-refractivity contribution in [1.82, 2.24) is 19.7 Å². The van der Waals surface area contributed by atoms with Gasteiger partial charge in [0.25, 0.3) is 5.89 Å². The van der Waals surface area contributed by atoms with E-state index in [1.165, 1.54) is 36.7 Å². The highest BCUT2D eigenvalue weighted by Crippen LogP contribution is 2.33. The van der Waals surface area contributed by atoms with Crippen LogP contribution in [-0.2, 0) is 13.2 Å². The van der Waals surface area contributed by atoms with Gasteiger partial charge in [0.1, 0.15) is 17.7 Å². The van der Waals surface area contributed by atoms with Crippen molar-refractivity contribution in [2.24, 2.45) is 7.05 Å². The van der Waals surface area contributed by atoms with Gasteiger partial charge >= 0.3 is 6.18 Å². The minimum atomic E-state index is -4.54. The Morgan fingerprint density at radius 1 is 1.09 bits per heavy atom. The molecule has 0 unspecified atom stereocenters. The molecule has 2 aromatic carbocycles. The third-order valence-electron chi connectivity index (χ3n) is 4.95. The number of imidazole rings is 1. The number of nitrogens with zero attached hydrogens (tertiary/aromatic N) is 4. The molecule has 0 saturated carbocycles. The lowest BCUT2D eigenvalue weighted by Gasteiger charge is -2.06. The second kappa shape index (κ2) is 8.76. The van der Waals surface area contributed by atoms with E-state index >= 15 is 0 Å². The summed E-state index contributed by atoms with van der Waals surface area (Å²) in [6.07, 6.45) is -4.50. The van der Waals surface area contributed by atoms with Gasteiger partial charge in [-0.1, -0.05) is 29.1 Å². The predicted octanol–water partition coefficient (Wildman–Crippen LogP) is 5.00. The van der Waals surface area contributed by atoms with Crippen molar-refractivity contribution in [3.05, 3.63) is 65.2 Å². The molecule has 0 bridgehead atoms. The number of aryl methyl sites for hydroxylation is 2. The maximum atomic E-state index is 13.7. The molecule has 4 rings (SSSR count). The monoisotopic (exact) mass is 470 g/mol. The van der Waals surface area contributed by atoms with Gasteiger partial charge in [0.15, 0.2) is 5.69 Å². The van der Waals surface area contributed by atoms with Crippen LogP contribution < -0.4 is 0 Å². The molecular formula is C24H18F4N4O2. The van der Waals surface area contributed by atoms with E-state index in [-0.39, 0.29) is 23.1 Å². The number of halogens is 4. The molecule has 0 spiro atoms. The third kappa shape index (κ3) is 4.70. The van der Waals surface area contributed by atoms with Crippen LogP contribution in [0.25, 0.3) is 34.2 Å². The summed E-state index contributed by atoms with van der Waals surface area (Å²) in [5.41, 5.74) is 1.49. The molecule has 1 atom stereocenters. The Labute approximate surface area is 191 Å². The molecule has 4 aromatic rings. The lowest BCUT2D eigenvalue weighted by molar-refractivity contribution is -0.140. The summed E-state index contributed by atoms with van der Waals surface area (Å²) in [5.74, 6) is 5.26. The van der Waals surface area contributed by atoms with Gasteiger partial charge in [0, 0.05) is 29.9 Å². The molecule has 0 aliphatic rings. The first-order chi connectivity index (χ1) is 16.0. The first kappa shape index (κ1) is 23.2. The maximum Gasteiger partial charge on any atom is 0.434 e. The molecule has 0 amide bonds. The minimum absolute atomic E-state index is 0.104. The fourth-order valence-electron chi connectivity index (χ4n) is 3.36. The Balaban J connectivity index is 1.69. The van der Waals surface area contributed by atoms with E-state index < -0.39 is 23.8 Å². The Morgan fingerprint density at radius 2 is 1.82 bits per heavy atom. The Bertz CT molecular complexity index is 1420. The minimum Gasteiger partial charge on any atom is -0.381 e. The average molecular weight is 470 g/mol. The predicted molar refractivity (Wildman–Crippen MR) is 116 cm³/mol. The zero-order valence-corrected chi connectivity index (χ0v) is 18.3. The van der Waals surface area contributed by atoms with Gasteiger partial charge in [-0.25, -0.2) is 9.37 Å². The molecule has 0 saturated heterocycles. The zero-order valence-electron chi connectivity index (χ0n) is 18.3. The van der Waals surface area contributed by atoms with Crippen LogP contribution in [0.15, 0.2) is 47.1 Å². The van der Waals surface area contributed by atoms with E-state index in [0.717, 1.165) is 6.20 Å². The van der Waals surface area contributed by atoms with Crippen LogP contribution in [0, 0.1) is 24.6 Å². The van der Waals surface area contributed by atoms with Gasteiger partial charge in [0.2, 0.25) is 5.82 Å². The number of hydrogen-bond donors (Lipinski definition) is 1. The second-order valence-corrected chi connectivity index (χ2v) is 7.65.